The van der Waals surface area contributed by atoms with Crippen molar-refractivity contribution in [3.63, 3.8) is 0 Å². The summed E-state index contributed by atoms with van der Waals surface area (Å²) in [6, 6.07) is 0.627. The number of rotatable bonds is 4. The monoisotopic (exact) mass is 214 g/mol. The zero-order valence-corrected chi connectivity index (χ0v) is 10.6. The molecule has 0 aromatic heterocycles. The molecule has 0 radical (unpaired) electrons. The minimum absolute atomic E-state index is 0.0975. The molecule has 0 saturated heterocycles. The number of hydrogen-bond donors (Lipinski definition) is 1. The van der Waals surface area contributed by atoms with Gasteiger partial charge in [0.05, 0.1) is 6.10 Å². The van der Waals surface area contributed by atoms with Crippen molar-refractivity contribution in [1.29, 1.82) is 0 Å². The predicted octanol–water partition coefficient (Wildman–Crippen LogP) is 1.61. The van der Waals surface area contributed by atoms with E-state index in [0.29, 0.717) is 18.7 Å². The fourth-order valence-corrected chi connectivity index (χ4v) is 2.32. The lowest BCUT2D eigenvalue weighted by atomic mass is 9.89. The van der Waals surface area contributed by atoms with Gasteiger partial charge in [0.1, 0.15) is 0 Å². The van der Waals surface area contributed by atoms with Crippen molar-refractivity contribution in [2.45, 2.75) is 57.2 Å². The van der Waals surface area contributed by atoms with Crippen molar-refractivity contribution >= 4 is 0 Å². The van der Waals surface area contributed by atoms with Crippen molar-refractivity contribution in [2.24, 2.45) is 5.73 Å². The van der Waals surface area contributed by atoms with E-state index < -0.39 is 0 Å². The quantitative estimate of drug-likeness (QED) is 0.773. The molecule has 0 bridgehead atoms. The first-order chi connectivity index (χ1) is 7.01. The Labute approximate surface area is 94.0 Å². The van der Waals surface area contributed by atoms with Crippen molar-refractivity contribution in [3.05, 3.63) is 0 Å². The number of nitrogens with two attached hydrogens (primary N) is 1. The maximum Gasteiger partial charge on any atom is 0.0586 e. The van der Waals surface area contributed by atoms with Gasteiger partial charge in [0.15, 0.2) is 0 Å². The predicted molar refractivity (Wildman–Crippen MR) is 63.9 cm³/mol. The van der Waals surface area contributed by atoms with Gasteiger partial charge >= 0.3 is 0 Å². The molecule has 2 N–H and O–H groups in total. The summed E-state index contributed by atoms with van der Waals surface area (Å²) >= 11 is 0. The van der Waals surface area contributed by atoms with Crippen LogP contribution in [0.3, 0.4) is 0 Å². The lowest BCUT2D eigenvalue weighted by molar-refractivity contribution is 0.00800. The molecule has 1 aliphatic rings. The van der Waals surface area contributed by atoms with E-state index in [2.05, 4.69) is 25.8 Å². The molecule has 0 aliphatic heterocycles. The van der Waals surface area contributed by atoms with Crippen LogP contribution in [0.1, 0.15) is 39.5 Å². The Hall–Kier alpha value is -0.120. The van der Waals surface area contributed by atoms with Crippen LogP contribution in [-0.4, -0.2) is 43.3 Å². The topological polar surface area (TPSA) is 38.5 Å². The first-order valence-electron chi connectivity index (χ1n) is 5.97. The molecule has 90 valence electrons. The highest BCUT2D eigenvalue weighted by Gasteiger charge is 2.31. The van der Waals surface area contributed by atoms with Gasteiger partial charge in [-0.25, -0.2) is 0 Å². The van der Waals surface area contributed by atoms with Gasteiger partial charge in [-0.1, -0.05) is 0 Å². The average Bonchev–Trinajstić information content (AvgIpc) is 2.28. The van der Waals surface area contributed by atoms with E-state index in [-0.39, 0.29) is 5.54 Å². The Kier molecular flexibility index (Phi) is 4.56. The van der Waals surface area contributed by atoms with Crippen LogP contribution in [-0.2, 0) is 4.74 Å². The zero-order chi connectivity index (χ0) is 11.5. The molecule has 1 fully saturated rings. The normalized spacial score (nSPS) is 28.4. The first-order valence-corrected chi connectivity index (χ1v) is 5.97. The number of ether oxygens (including phenoxy) is 1. The number of likely N-dealkylation sites (N-methyl/N-ethyl adjacent to an activating group) is 1. The summed E-state index contributed by atoms with van der Waals surface area (Å²) in [6.07, 6.45) is 5.36. The summed E-state index contributed by atoms with van der Waals surface area (Å²) in [6.45, 7) is 5.13. The largest absolute Gasteiger partial charge is 0.381 e. The summed E-state index contributed by atoms with van der Waals surface area (Å²) in [7, 11) is 4.01. The Morgan fingerprint density at radius 2 is 2.07 bits per heavy atom. The molecule has 0 aromatic rings. The molecule has 15 heavy (non-hydrogen) atoms. The third kappa shape index (κ3) is 3.16. The van der Waals surface area contributed by atoms with Crippen LogP contribution in [0.4, 0.5) is 0 Å². The third-order valence-corrected chi connectivity index (χ3v) is 3.93. The van der Waals surface area contributed by atoms with E-state index in [1.54, 1.807) is 0 Å². The lowest BCUT2D eigenvalue weighted by Crippen LogP contribution is -2.53. The number of nitrogens with zero attached hydrogens (tertiary/aromatic N) is 1. The van der Waals surface area contributed by atoms with Crippen molar-refractivity contribution < 1.29 is 4.74 Å². The van der Waals surface area contributed by atoms with Gasteiger partial charge in [-0.05, 0) is 46.6 Å². The van der Waals surface area contributed by atoms with E-state index >= 15 is 0 Å². The van der Waals surface area contributed by atoms with Crippen LogP contribution in [0.5, 0.6) is 0 Å². The highest BCUT2D eigenvalue weighted by atomic mass is 16.5. The standard InChI is InChI=1S/C12H26N2O/c1-12(2,9-13)14(3)10-6-5-7-11(8-10)15-4/h10-11H,5-9,13H2,1-4H3. The smallest absolute Gasteiger partial charge is 0.0586 e. The molecule has 2 atom stereocenters. The second-order valence-electron chi connectivity index (χ2n) is 5.31. The Balaban J connectivity index is 2.55. The van der Waals surface area contributed by atoms with Crippen LogP contribution in [0, 0.1) is 0 Å². The van der Waals surface area contributed by atoms with E-state index in [4.69, 9.17) is 10.5 Å². The average molecular weight is 214 g/mol. The molecule has 0 amide bonds. The van der Waals surface area contributed by atoms with Gasteiger partial charge in [0, 0.05) is 25.2 Å². The van der Waals surface area contributed by atoms with Gasteiger partial charge in [0.2, 0.25) is 0 Å². The molecule has 1 rings (SSSR count). The van der Waals surface area contributed by atoms with Crippen LogP contribution < -0.4 is 5.73 Å². The molecular formula is C12H26N2O. The molecule has 0 aromatic carbocycles. The Morgan fingerprint density at radius 1 is 1.40 bits per heavy atom. The van der Waals surface area contributed by atoms with E-state index in [9.17, 15) is 0 Å². The van der Waals surface area contributed by atoms with Crippen LogP contribution >= 0.6 is 0 Å². The Bertz CT molecular complexity index is 194. The van der Waals surface area contributed by atoms with Gasteiger partial charge in [-0.2, -0.15) is 0 Å². The molecule has 3 heteroatoms. The fourth-order valence-electron chi connectivity index (χ4n) is 2.32. The van der Waals surface area contributed by atoms with Gasteiger partial charge in [-0.15, -0.1) is 0 Å². The molecular weight excluding hydrogens is 188 g/mol. The van der Waals surface area contributed by atoms with E-state index in [0.717, 1.165) is 6.42 Å². The van der Waals surface area contributed by atoms with Gasteiger partial charge < -0.3 is 10.5 Å². The maximum atomic E-state index is 5.81. The SMILES string of the molecule is COC1CCCC(N(C)C(C)(C)CN)C1. The first kappa shape index (κ1) is 12.9. The summed E-state index contributed by atoms with van der Waals surface area (Å²) in [5.74, 6) is 0. The number of methoxy groups -OCH3 is 1. The number of hydrogen-bond acceptors (Lipinski definition) is 3. The van der Waals surface area contributed by atoms with Crippen LogP contribution in [0.15, 0.2) is 0 Å². The van der Waals surface area contributed by atoms with Crippen LogP contribution in [0.2, 0.25) is 0 Å². The molecule has 2 unspecified atom stereocenters. The minimum atomic E-state index is 0.0975. The third-order valence-electron chi connectivity index (χ3n) is 3.93. The fraction of sp³-hybridized carbons (Fsp3) is 1.00. The second kappa shape index (κ2) is 5.28. The van der Waals surface area contributed by atoms with Crippen molar-refractivity contribution in [1.82, 2.24) is 4.90 Å². The molecule has 0 spiro atoms. The van der Waals surface area contributed by atoms with Crippen LogP contribution in [0.25, 0.3) is 0 Å². The van der Waals surface area contributed by atoms with Crippen molar-refractivity contribution in [2.75, 3.05) is 20.7 Å². The summed E-state index contributed by atoms with van der Waals surface area (Å²) < 4.78 is 5.46. The summed E-state index contributed by atoms with van der Waals surface area (Å²) in [5.41, 5.74) is 5.91. The zero-order valence-electron chi connectivity index (χ0n) is 10.6. The molecule has 1 aliphatic carbocycles. The Morgan fingerprint density at radius 3 is 2.60 bits per heavy atom. The molecule has 1 saturated carbocycles. The highest BCUT2D eigenvalue weighted by molar-refractivity contribution is 4.88. The summed E-state index contributed by atoms with van der Waals surface area (Å²) in [4.78, 5) is 2.43. The molecule has 0 heterocycles. The van der Waals surface area contributed by atoms with Crippen molar-refractivity contribution in [3.8, 4) is 0 Å². The maximum absolute atomic E-state index is 5.81. The van der Waals surface area contributed by atoms with E-state index in [1.165, 1.54) is 19.3 Å². The van der Waals surface area contributed by atoms with Gasteiger partial charge in [0.25, 0.3) is 0 Å². The van der Waals surface area contributed by atoms with Gasteiger partial charge in [-0.3, -0.25) is 4.90 Å². The second-order valence-corrected chi connectivity index (χ2v) is 5.31. The summed E-state index contributed by atoms with van der Waals surface area (Å²) in [5, 5.41) is 0. The van der Waals surface area contributed by atoms with E-state index in [1.807, 2.05) is 7.11 Å². The minimum Gasteiger partial charge on any atom is -0.381 e. The molecule has 3 nitrogen and oxygen atoms in total. The lowest BCUT2D eigenvalue weighted by Gasteiger charge is -2.43. The highest BCUT2D eigenvalue weighted by Crippen LogP contribution is 2.27.